The maximum absolute atomic E-state index is 11.6. The Morgan fingerprint density at radius 3 is 2.39 bits per heavy atom. The van der Waals surface area contributed by atoms with Gasteiger partial charge in [0, 0.05) is 25.5 Å². The number of carbonyl (C=O) groups excluding carboxylic acids is 1. The van der Waals surface area contributed by atoms with E-state index in [0.29, 0.717) is 26.2 Å². The van der Waals surface area contributed by atoms with Crippen LogP contribution in [0.1, 0.15) is 33.1 Å². The van der Waals surface area contributed by atoms with Gasteiger partial charge in [-0.25, -0.2) is 0 Å². The van der Waals surface area contributed by atoms with Crippen LogP contribution in [0.25, 0.3) is 0 Å². The molecule has 0 rings (SSSR count). The van der Waals surface area contributed by atoms with Crippen LogP contribution >= 0.6 is 0 Å². The van der Waals surface area contributed by atoms with Crippen molar-refractivity contribution in [2.75, 3.05) is 26.9 Å². The molecule has 6 nitrogen and oxygen atoms in total. The number of rotatable bonds is 10. The van der Waals surface area contributed by atoms with E-state index in [1.54, 1.807) is 21.0 Å². The smallest absolute Gasteiger partial charge is 0.303 e. The third-order valence-electron chi connectivity index (χ3n) is 2.35. The van der Waals surface area contributed by atoms with E-state index < -0.39 is 11.5 Å². The second-order valence-corrected chi connectivity index (χ2v) is 4.68. The summed E-state index contributed by atoms with van der Waals surface area (Å²) in [6.07, 6.45) is 0.705. The first-order valence-electron chi connectivity index (χ1n) is 5.97. The molecular formula is C12H23NO5. The third kappa shape index (κ3) is 10.0. The van der Waals surface area contributed by atoms with E-state index in [1.807, 2.05) is 0 Å². The fourth-order valence-electron chi connectivity index (χ4n) is 1.33. The standard InChI is InChI=1S/C12H23NO5/c1-12(2,6-4-11(15)16)13-10(14)5-7-18-9-8-17-3/h4-9H2,1-3H3,(H,13,14)(H,15,16). The predicted molar refractivity (Wildman–Crippen MR) is 66.4 cm³/mol. The van der Waals surface area contributed by atoms with Crippen LogP contribution in [0.3, 0.4) is 0 Å². The zero-order chi connectivity index (χ0) is 14.0. The molecule has 0 saturated heterocycles. The Labute approximate surface area is 108 Å². The third-order valence-corrected chi connectivity index (χ3v) is 2.35. The monoisotopic (exact) mass is 261 g/mol. The summed E-state index contributed by atoms with van der Waals surface area (Å²) in [5, 5.41) is 11.4. The summed E-state index contributed by atoms with van der Waals surface area (Å²) in [7, 11) is 1.58. The van der Waals surface area contributed by atoms with Gasteiger partial charge in [0.05, 0.1) is 19.8 Å². The number of aliphatic carboxylic acids is 1. The van der Waals surface area contributed by atoms with E-state index in [1.165, 1.54) is 0 Å². The molecule has 0 aliphatic rings. The highest BCUT2D eigenvalue weighted by Crippen LogP contribution is 2.11. The van der Waals surface area contributed by atoms with Crippen LogP contribution in [0.15, 0.2) is 0 Å². The Kier molecular flexibility index (Phi) is 8.32. The first-order chi connectivity index (χ1) is 8.37. The van der Waals surface area contributed by atoms with E-state index in [4.69, 9.17) is 14.6 Å². The molecule has 0 atom stereocenters. The maximum atomic E-state index is 11.6. The lowest BCUT2D eigenvalue weighted by Gasteiger charge is -2.25. The van der Waals surface area contributed by atoms with Crippen molar-refractivity contribution in [2.24, 2.45) is 0 Å². The van der Waals surface area contributed by atoms with E-state index >= 15 is 0 Å². The van der Waals surface area contributed by atoms with Gasteiger partial charge < -0.3 is 19.9 Å². The molecule has 0 aromatic rings. The molecule has 0 radical (unpaired) electrons. The van der Waals surface area contributed by atoms with Crippen molar-refractivity contribution in [1.82, 2.24) is 5.32 Å². The predicted octanol–water partition coefficient (Wildman–Crippen LogP) is 0.799. The van der Waals surface area contributed by atoms with Crippen molar-refractivity contribution in [1.29, 1.82) is 0 Å². The molecule has 1 amide bonds. The van der Waals surface area contributed by atoms with Gasteiger partial charge in [-0.2, -0.15) is 0 Å². The molecule has 0 aliphatic carbocycles. The molecule has 2 N–H and O–H groups in total. The van der Waals surface area contributed by atoms with Crippen LogP contribution in [0.2, 0.25) is 0 Å². The quantitative estimate of drug-likeness (QED) is 0.568. The highest BCUT2D eigenvalue weighted by Gasteiger charge is 2.21. The van der Waals surface area contributed by atoms with Crippen LogP contribution in [0, 0.1) is 0 Å². The van der Waals surface area contributed by atoms with Gasteiger partial charge in [0.25, 0.3) is 0 Å². The van der Waals surface area contributed by atoms with E-state index in [0.717, 1.165) is 0 Å². The summed E-state index contributed by atoms with van der Waals surface area (Å²) in [6.45, 7) is 4.92. The van der Waals surface area contributed by atoms with Gasteiger partial charge >= 0.3 is 5.97 Å². The Balaban J connectivity index is 3.74. The summed E-state index contributed by atoms with van der Waals surface area (Å²) in [5.74, 6) is -0.997. The van der Waals surface area contributed by atoms with Crippen LogP contribution in [-0.2, 0) is 19.1 Å². The molecule has 0 saturated carbocycles. The molecule has 106 valence electrons. The molecule has 0 aliphatic heterocycles. The minimum Gasteiger partial charge on any atom is -0.481 e. The molecule has 0 aromatic heterocycles. The fourth-order valence-corrected chi connectivity index (χ4v) is 1.33. The average Bonchev–Trinajstić information content (AvgIpc) is 2.26. The molecule has 0 fully saturated rings. The highest BCUT2D eigenvalue weighted by molar-refractivity contribution is 5.77. The summed E-state index contributed by atoms with van der Waals surface area (Å²) in [6, 6.07) is 0. The number of carbonyl (C=O) groups is 2. The zero-order valence-electron chi connectivity index (χ0n) is 11.3. The van der Waals surface area contributed by atoms with Crippen molar-refractivity contribution in [3.8, 4) is 0 Å². The summed E-state index contributed by atoms with van der Waals surface area (Å²) >= 11 is 0. The van der Waals surface area contributed by atoms with Gasteiger partial charge in [-0.15, -0.1) is 0 Å². The maximum Gasteiger partial charge on any atom is 0.303 e. The minimum atomic E-state index is -0.861. The number of hydrogen-bond donors (Lipinski definition) is 2. The molecule has 0 heterocycles. The van der Waals surface area contributed by atoms with Gasteiger partial charge in [0.15, 0.2) is 0 Å². The number of amides is 1. The lowest BCUT2D eigenvalue weighted by molar-refractivity contribution is -0.138. The largest absolute Gasteiger partial charge is 0.481 e. The second kappa shape index (κ2) is 8.88. The van der Waals surface area contributed by atoms with E-state index in [9.17, 15) is 9.59 Å². The van der Waals surface area contributed by atoms with Crippen LogP contribution in [0.5, 0.6) is 0 Å². The first-order valence-corrected chi connectivity index (χ1v) is 5.97. The Hall–Kier alpha value is -1.14. The van der Waals surface area contributed by atoms with E-state index in [2.05, 4.69) is 5.32 Å². The van der Waals surface area contributed by atoms with Crippen molar-refractivity contribution in [3.63, 3.8) is 0 Å². The number of nitrogens with one attached hydrogen (secondary N) is 1. The Morgan fingerprint density at radius 2 is 1.83 bits per heavy atom. The molecule has 0 bridgehead atoms. The Morgan fingerprint density at radius 1 is 1.17 bits per heavy atom. The van der Waals surface area contributed by atoms with Gasteiger partial charge in [0.1, 0.15) is 0 Å². The van der Waals surface area contributed by atoms with Gasteiger partial charge in [-0.05, 0) is 20.3 Å². The van der Waals surface area contributed by atoms with Gasteiger partial charge in [0.2, 0.25) is 5.91 Å². The molecule has 18 heavy (non-hydrogen) atoms. The van der Waals surface area contributed by atoms with Crippen molar-refractivity contribution < 1.29 is 24.2 Å². The fraction of sp³-hybridized carbons (Fsp3) is 0.833. The number of carboxylic acids is 1. The lowest BCUT2D eigenvalue weighted by Crippen LogP contribution is -2.44. The summed E-state index contributed by atoms with van der Waals surface area (Å²) in [4.78, 5) is 22.0. The van der Waals surface area contributed by atoms with Crippen LogP contribution < -0.4 is 5.32 Å². The highest BCUT2D eigenvalue weighted by atomic mass is 16.5. The average molecular weight is 261 g/mol. The van der Waals surface area contributed by atoms with Crippen molar-refractivity contribution in [3.05, 3.63) is 0 Å². The SMILES string of the molecule is COCCOCCC(=O)NC(C)(C)CCC(=O)O. The van der Waals surface area contributed by atoms with Crippen molar-refractivity contribution >= 4 is 11.9 Å². The topological polar surface area (TPSA) is 84.9 Å². The molecule has 0 unspecified atom stereocenters. The first kappa shape index (κ1) is 16.9. The number of hydrogen-bond acceptors (Lipinski definition) is 4. The lowest BCUT2D eigenvalue weighted by atomic mass is 9.98. The summed E-state index contributed by atoms with van der Waals surface area (Å²) < 4.78 is 9.98. The van der Waals surface area contributed by atoms with E-state index in [-0.39, 0.29) is 18.7 Å². The molecule has 6 heteroatoms. The normalized spacial score (nSPS) is 11.3. The summed E-state index contributed by atoms with van der Waals surface area (Å²) in [5.41, 5.74) is -0.512. The molecular weight excluding hydrogens is 238 g/mol. The van der Waals surface area contributed by atoms with Crippen molar-refractivity contribution in [2.45, 2.75) is 38.6 Å². The Bertz CT molecular complexity index is 265. The van der Waals surface area contributed by atoms with Gasteiger partial charge in [-0.3, -0.25) is 9.59 Å². The number of methoxy groups -OCH3 is 1. The van der Waals surface area contributed by atoms with Crippen LogP contribution in [-0.4, -0.2) is 49.5 Å². The second-order valence-electron chi connectivity index (χ2n) is 4.68. The van der Waals surface area contributed by atoms with Gasteiger partial charge in [-0.1, -0.05) is 0 Å². The number of ether oxygens (including phenoxy) is 2. The number of carboxylic acid groups (broad SMARTS) is 1. The minimum absolute atomic E-state index is 0.0393. The zero-order valence-corrected chi connectivity index (χ0v) is 11.3. The molecule has 0 spiro atoms. The van der Waals surface area contributed by atoms with Crippen LogP contribution in [0.4, 0.5) is 0 Å². The molecule has 0 aromatic carbocycles.